The highest BCUT2D eigenvalue weighted by atomic mass is 79.9. The molecule has 6 heteroatoms. The summed E-state index contributed by atoms with van der Waals surface area (Å²) in [4.78, 5) is 8.32. The molecule has 0 bridgehead atoms. The highest BCUT2D eigenvalue weighted by Crippen LogP contribution is 2.39. The molecule has 0 N–H and O–H groups in total. The molecular weight excluding hydrogens is 268 g/mol. The van der Waals surface area contributed by atoms with Crippen LogP contribution in [0, 0.1) is 0 Å². The predicted octanol–water partition coefficient (Wildman–Crippen LogP) is 2.47. The maximum absolute atomic E-state index is 5.26. The third kappa shape index (κ3) is 1.34. The fraction of sp³-hybridized carbons (Fsp3) is 0.250. The van der Waals surface area contributed by atoms with Crippen LogP contribution in [-0.4, -0.2) is 24.2 Å². The van der Waals surface area contributed by atoms with Gasteiger partial charge in [0.2, 0.25) is 5.88 Å². The predicted molar refractivity (Wildman–Crippen MR) is 58.2 cm³/mol. The number of ether oxygens (including phenoxy) is 2. The van der Waals surface area contributed by atoms with E-state index in [2.05, 4.69) is 25.9 Å². The number of hydrogen-bond donors (Lipinski definition) is 0. The van der Waals surface area contributed by atoms with Crippen molar-refractivity contribution in [3.63, 3.8) is 0 Å². The van der Waals surface area contributed by atoms with Crippen molar-refractivity contribution >= 4 is 37.6 Å². The van der Waals surface area contributed by atoms with E-state index in [0.29, 0.717) is 17.3 Å². The molecule has 2 heterocycles. The zero-order valence-electron chi connectivity index (χ0n) is 7.57. The second kappa shape index (κ2) is 3.70. The fourth-order valence-corrected chi connectivity index (χ4v) is 2.63. The summed E-state index contributed by atoms with van der Waals surface area (Å²) in [5.41, 5.74) is 2.37. The molecule has 2 rings (SSSR count). The number of nitrogens with zero attached hydrogens (tertiary/aromatic N) is 2. The normalized spacial score (nSPS) is 10.5. The molecule has 0 fully saturated rings. The van der Waals surface area contributed by atoms with E-state index in [-0.39, 0.29) is 0 Å². The highest BCUT2D eigenvalue weighted by Gasteiger charge is 2.15. The van der Waals surface area contributed by atoms with Crippen LogP contribution in [0.15, 0.2) is 9.98 Å². The lowest BCUT2D eigenvalue weighted by atomic mass is 10.4. The Labute approximate surface area is 93.0 Å². The first-order valence-electron chi connectivity index (χ1n) is 3.78. The molecule has 0 unspecified atom stereocenters. The third-order valence-electron chi connectivity index (χ3n) is 1.75. The summed E-state index contributed by atoms with van der Waals surface area (Å²) < 4.78 is 12.0. The molecule has 0 aliphatic heterocycles. The summed E-state index contributed by atoms with van der Waals surface area (Å²) in [7, 11) is 3.17. The maximum atomic E-state index is 5.26. The first-order chi connectivity index (χ1) is 6.77. The van der Waals surface area contributed by atoms with Crippen molar-refractivity contribution in [2.75, 3.05) is 14.2 Å². The van der Waals surface area contributed by atoms with Crippen molar-refractivity contribution in [3.8, 4) is 11.6 Å². The molecule has 74 valence electrons. The van der Waals surface area contributed by atoms with E-state index in [1.165, 1.54) is 11.3 Å². The number of rotatable bonds is 2. The Morgan fingerprint density at radius 3 is 2.79 bits per heavy atom. The zero-order chi connectivity index (χ0) is 10.1. The van der Waals surface area contributed by atoms with Crippen LogP contribution in [0.3, 0.4) is 0 Å². The summed E-state index contributed by atoms with van der Waals surface area (Å²) in [5, 5.41) is 0. The molecule has 0 aromatic carbocycles. The highest BCUT2D eigenvalue weighted by molar-refractivity contribution is 9.10. The number of fused-ring (bicyclic) bond motifs is 1. The van der Waals surface area contributed by atoms with Crippen molar-refractivity contribution in [1.82, 2.24) is 9.97 Å². The van der Waals surface area contributed by atoms with Gasteiger partial charge in [0.15, 0.2) is 11.4 Å². The van der Waals surface area contributed by atoms with Crippen LogP contribution in [0.4, 0.5) is 0 Å². The molecule has 14 heavy (non-hydrogen) atoms. The number of thiazole rings is 1. The zero-order valence-corrected chi connectivity index (χ0v) is 9.98. The molecule has 0 spiro atoms. The first kappa shape index (κ1) is 9.67. The van der Waals surface area contributed by atoms with Crippen molar-refractivity contribution < 1.29 is 9.47 Å². The second-order valence-corrected chi connectivity index (χ2v) is 4.12. The van der Waals surface area contributed by atoms with Gasteiger partial charge in [-0.3, -0.25) is 0 Å². The molecule has 0 saturated heterocycles. The Kier molecular flexibility index (Phi) is 2.56. The molecule has 0 saturated carbocycles. The van der Waals surface area contributed by atoms with Gasteiger partial charge in [0, 0.05) is 0 Å². The molecular formula is C8H7BrN2O2S. The summed E-state index contributed by atoms with van der Waals surface area (Å²) >= 11 is 4.86. The minimum absolute atomic E-state index is 0.486. The molecule has 0 amide bonds. The van der Waals surface area contributed by atoms with E-state index in [9.17, 15) is 0 Å². The minimum atomic E-state index is 0.486. The van der Waals surface area contributed by atoms with Gasteiger partial charge in [-0.1, -0.05) is 0 Å². The van der Waals surface area contributed by atoms with E-state index in [4.69, 9.17) is 9.47 Å². The first-order valence-corrected chi connectivity index (χ1v) is 5.46. The van der Waals surface area contributed by atoms with Crippen molar-refractivity contribution in [2.24, 2.45) is 0 Å². The van der Waals surface area contributed by atoms with Gasteiger partial charge in [-0.05, 0) is 15.9 Å². The maximum Gasteiger partial charge on any atom is 0.233 e. The van der Waals surface area contributed by atoms with Gasteiger partial charge in [0.25, 0.3) is 0 Å². The van der Waals surface area contributed by atoms with Crippen LogP contribution in [0.25, 0.3) is 10.3 Å². The minimum Gasteiger partial charge on any atom is -0.494 e. The van der Waals surface area contributed by atoms with Crippen molar-refractivity contribution in [3.05, 3.63) is 9.98 Å². The van der Waals surface area contributed by atoms with Crippen molar-refractivity contribution in [2.45, 2.75) is 0 Å². The number of methoxy groups -OCH3 is 2. The number of pyridine rings is 1. The van der Waals surface area contributed by atoms with E-state index in [1.54, 1.807) is 19.7 Å². The number of aromatic nitrogens is 2. The van der Waals surface area contributed by atoms with Crippen LogP contribution in [-0.2, 0) is 0 Å². The molecule has 0 aliphatic rings. The van der Waals surface area contributed by atoms with Gasteiger partial charge >= 0.3 is 0 Å². The van der Waals surface area contributed by atoms with Gasteiger partial charge in [0.1, 0.15) is 9.17 Å². The average Bonchev–Trinajstić information content (AvgIpc) is 2.64. The molecule has 4 nitrogen and oxygen atoms in total. The molecule has 2 aromatic heterocycles. The van der Waals surface area contributed by atoms with Gasteiger partial charge in [-0.25, -0.2) is 4.98 Å². The smallest absolute Gasteiger partial charge is 0.233 e. The molecule has 0 radical (unpaired) electrons. The summed E-state index contributed by atoms with van der Waals surface area (Å²) in [6.07, 6.45) is 0. The third-order valence-corrected chi connectivity index (χ3v) is 3.26. The van der Waals surface area contributed by atoms with Crippen LogP contribution in [0.5, 0.6) is 11.6 Å². The molecule has 2 aromatic rings. The van der Waals surface area contributed by atoms with E-state index in [1.807, 2.05) is 0 Å². The Morgan fingerprint density at radius 1 is 1.36 bits per heavy atom. The second-order valence-electron chi connectivity index (χ2n) is 2.47. The summed E-state index contributed by atoms with van der Waals surface area (Å²) in [6.45, 7) is 0. The van der Waals surface area contributed by atoms with Crippen LogP contribution < -0.4 is 9.47 Å². The Bertz CT molecular complexity index is 472. The van der Waals surface area contributed by atoms with Crippen LogP contribution in [0.2, 0.25) is 0 Å². The van der Waals surface area contributed by atoms with Crippen molar-refractivity contribution in [1.29, 1.82) is 0 Å². The van der Waals surface area contributed by atoms with Gasteiger partial charge in [0.05, 0.1) is 19.7 Å². The van der Waals surface area contributed by atoms with Crippen LogP contribution in [0.1, 0.15) is 0 Å². The van der Waals surface area contributed by atoms with Gasteiger partial charge in [-0.15, -0.1) is 11.3 Å². The summed E-state index contributed by atoms with van der Waals surface area (Å²) in [5.74, 6) is 1.20. The molecule has 0 aliphatic carbocycles. The SMILES string of the molecule is COc1nc2ncsc2c(OC)c1Br. The standard InChI is InChI=1S/C8H7BrN2O2S/c1-12-5-4(9)8(13-2)11-7-6(5)14-3-10-7/h3H,1-2H3. The van der Waals surface area contributed by atoms with E-state index >= 15 is 0 Å². The number of halogens is 1. The van der Waals surface area contributed by atoms with Gasteiger partial charge in [-0.2, -0.15) is 4.98 Å². The quantitative estimate of drug-likeness (QED) is 0.844. The Hall–Kier alpha value is -0.880. The molecule has 0 atom stereocenters. The topological polar surface area (TPSA) is 44.2 Å². The Morgan fingerprint density at radius 2 is 2.14 bits per heavy atom. The Balaban J connectivity index is 2.80. The van der Waals surface area contributed by atoms with E-state index in [0.717, 1.165) is 9.17 Å². The lowest BCUT2D eigenvalue weighted by molar-refractivity contribution is 0.382. The fourth-order valence-electron chi connectivity index (χ4n) is 1.13. The average molecular weight is 275 g/mol. The summed E-state index contributed by atoms with van der Waals surface area (Å²) in [6, 6.07) is 0. The van der Waals surface area contributed by atoms with Gasteiger partial charge < -0.3 is 9.47 Å². The largest absolute Gasteiger partial charge is 0.494 e. The van der Waals surface area contributed by atoms with Crippen LogP contribution >= 0.6 is 27.3 Å². The monoisotopic (exact) mass is 274 g/mol. The lowest BCUT2D eigenvalue weighted by Gasteiger charge is -2.07. The lowest BCUT2D eigenvalue weighted by Crippen LogP contribution is -1.93. The number of hydrogen-bond acceptors (Lipinski definition) is 5. The van der Waals surface area contributed by atoms with E-state index < -0.39 is 0 Å².